The Bertz CT molecular complexity index is 29.5. The van der Waals surface area contributed by atoms with Crippen molar-refractivity contribution in [3.8, 4) is 0 Å². The second-order valence-electron chi connectivity index (χ2n) is 2.07. The van der Waals surface area contributed by atoms with Crippen molar-refractivity contribution in [1.29, 1.82) is 0 Å². The van der Waals surface area contributed by atoms with Crippen LogP contribution in [0.3, 0.4) is 0 Å². The highest BCUT2D eigenvalue weighted by Gasteiger charge is 1.58. The van der Waals surface area contributed by atoms with Crippen LogP contribution in [0.2, 0.25) is 0 Å². The van der Waals surface area contributed by atoms with Crippen LogP contribution in [0.15, 0.2) is 0 Å². The Morgan fingerprint density at radius 1 is 1.22 bits per heavy atom. The quantitative estimate of drug-likeness (QED) is 0.611. The lowest BCUT2D eigenvalue weighted by Crippen LogP contribution is -1.99. The van der Waals surface area contributed by atoms with Gasteiger partial charge < -0.3 is 10.0 Å². The van der Waals surface area contributed by atoms with Crippen molar-refractivity contribution >= 4 is 12.4 Å². The predicted octanol–water partition coefficient (Wildman–Crippen LogP) is 0.988. The normalized spacial score (nSPS) is 7.33. The summed E-state index contributed by atoms with van der Waals surface area (Å²) in [4.78, 5) is 2.00. The Morgan fingerprint density at radius 2 is 1.33 bits per heavy atom. The fourth-order valence-corrected chi connectivity index (χ4v) is 0. The molecule has 0 aromatic carbocycles. The summed E-state index contributed by atoms with van der Waals surface area (Å²) in [6.07, 6.45) is 0.875. The molecule has 0 amide bonds. The molecule has 0 aliphatic carbocycles. The van der Waals surface area contributed by atoms with Crippen LogP contribution in [0, 0.1) is 0 Å². The molecule has 0 unspecified atom stereocenters. The summed E-state index contributed by atoms with van der Waals surface area (Å²) in [7, 11) is 6.00. The third kappa shape index (κ3) is 216. The zero-order valence-electron chi connectivity index (χ0n) is 6.72. The van der Waals surface area contributed by atoms with Crippen molar-refractivity contribution in [2.45, 2.75) is 13.3 Å². The van der Waals surface area contributed by atoms with E-state index in [1.807, 2.05) is 33.0 Å². The van der Waals surface area contributed by atoms with Gasteiger partial charge in [0.05, 0.1) is 0 Å². The first-order chi connectivity index (χ1) is 3.65. The molecule has 0 spiro atoms. The monoisotopic (exact) mass is 155 g/mol. The maximum Gasteiger partial charge on any atom is 0.0428 e. The van der Waals surface area contributed by atoms with E-state index in [-0.39, 0.29) is 12.4 Å². The van der Waals surface area contributed by atoms with Crippen molar-refractivity contribution in [3.63, 3.8) is 0 Å². The third-order valence-electron chi connectivity index (χ3n) is 0.224. The van der Waals surface area contributed by atoms with Gasteiger partial charge in [0.15, 0.2) is 0 Å². The molecule has 0 aliphatic heterocycles. The maximum atomic E-state index is 7.88. The van der Waals surface area contributed by atoms with Crippen molar-refractivity contribution < 1.29 is 5.11 Å². The summed E-state index contributed by atoms with van der Waals surface area (Å²) in [5, 5.41) is 7.88. The number of hydrogen-bond donors (Lipinski definition) is 1. The van der Waals surface area contributed by atoms with Crippen LogP contribution in [0.25, 0.3) is 0 Å². The van der Waals surface area contributed by atoms with Gasteiger partial charge in [-0.2, -0.15) is 0 Å². The third-order valence-corrected chi connectivity index (χ3v) is 0.224. The van der Waals surface area contributed by atoms with E-state index in [9.17, 15) is 0 Å². The molecule has 0 aromatic heterocycles. The SMILES string of the molecule is CCCO.CN(C)C.Cl. The lowest BCUT2D eigenvalue weighted by Gasteiger charge is -1.90. The number of aliphatic hydroxyl groups excluding tert-OH is 1. The van der Waals surface area contributed by atoms with E-state index in [2.05, 4.69) is 0 Å². The Labute approximate surface area is 64.3 Å². The molecule has 0 radical (unpaired) electrons. The van der Waals surface area contributed by atoms with Crippen molar-refractivity contribution in [1.82, 2.24) is 4.90 Å². The molecule has 1 N–H and O–H groups in total. The summed E-state index contributed by atoms with van der Waals surface area (Å²) in [5.74, 6) is 0. The van der Waals surface area contributed by atoms with Crippen LogP contribution < -0.4 is 0 Å². The summed E-state index contributed by atoms with van der Waals surface area (Å²) in [6, 6.07) is 0. The van der Waals surface area contributed by atoms with E-state index in [4.69, 9.17) is 5.11 Å². The van der Waals surface area contributed by atoms with Gasteiger partial charge in [0.25, 0.3) is 0 Å². The zero-order valence-corrected chi connectivity index (χ0v) is 7.53. The molecule has 3 heteroatoms. The number of aliphatic hydroxyl groups is 1. The minimum atomic E-state index is 0. The number of halogens is 1. The van der Waals surface area contributed by atoms with Gasteiger partial charge in [-0.25, -0.2) is 0 Å². The van der Waals surface area contributed by atoms with Gasteiger partial charge >= 0.3 is 0 Å². The number of rotatable bonds is 1. The fourth-order valence-electron chi connectivity index (χ4n) is 0. The largest absolute Gasteiger partial charge is 0.396 e. The van der Waals surface area contributed by atoms with Crippen LogP contribution >= 0.6 is 12.4 Å². The number of hydrogen-bond acceptors (Lipinski definition) is 2. The smallest absolute Gasteiger partial charge is 0.0428 e. The second kappa shape index (κ2) is 15.7. The minimum Gasteiger partial charge on any atom is -0.396 e. The van der Waals surface area contributed by atoms with Crippen molar-refractivity contribution in [3.05, 3.63) is 0 Å². The van der Waals surface area contributed by atoms with Crippen LogP contribution in [-0.2, 0) is 0 Å². The molecule has 0 rings (SSSR count). The van der Waals surface area contributed by atoms with Gasteiger partial charge in [0.2, 0.25) is 0 Å². The molecule has 0 saturated carbocycles. The van der Waals surface area contributed by atoms with E-state index >= 15 is 0 Å². The van der Waals surface area contributed by atoms with E-state index < -0.39 is 0 Å². The first kappa shape index (κ1) is 16.1. The average Bonchev–Trinajstić information content (AvgIpc) is 1.65. The molecule has 0 saturated heterocycles. The van der Waals surface area contributed by atoms with Gasteiger partial charge in [0, 0.05) is 6.61 Å². The summed E-state index contributed by atoms with van der Waals surface area (Å²) >= 11 is 0. The lowest BCUT2D eigenvalue weighted by atomic mass is 10.5. The first-order valence-electron chi connectivity index (χ1n) is 2.86. The van der Waals surface area contributed by atoms with Crippen LogP contribution in [0.5, 0.6) is 0 Å². The summed E-state index contributed by atoms with van der Waals surface area (Å²) in [5.41, 5.74) is 0. The Kier molecular flexibility index (Phi) is 28.1. The van der Waals surface area contributed by atoms with E-state index in [1.54, 1.807) is 0 Å². The Balaban J connectivity index is -0.0000000720. The maximum absolute atomic E-state index is 7.88. The molecule has 0 bridgehead atoms. The standard InChI is InChI=1S/C3H9N.C3H8O.ClH/c1-4(2)3;1-2-3-4;/h1-3H3;4H,2-3H2,1H3;1H. The zero-order chi connectivity index (χ0) is 6.99. The fraction of sp³-hybridized carbons (Fsp3) is 1.00. The van der Waals surface area contributed by atoms with E-state index in [0.717, 1.165) is 6.42 Å². The minimum absolute atomic E-state index is 0. The van der Waals surface area contributed by atoms with E-state index in [0.29, 0.717) is 6.61 Å². The molecule has 0 atom stereocenters. The van der Waals surface area contributed by atoms with Crippen LogP contribution in [0.1, 0.15) is 13.3 Å². The molecular formula is C6H18ClNO. The molecule has 60 valence electrons. The highest BCUT2D eigenvalue weighted by molar-refractivity contribution is 5.85. The van der Waals surface area contributed by atoms with Gasteiger partial charge in [-0.1, -0.05) is 6.92 Å². The van der Waals surface area contributed by atoms with Gasteiger partial charge in [-0.05, 0) is 27.6 Å². The molecule has 0 aromatic rings. The topological polar surface area (TPSA) is 23.5 Å². The molecule has 0 fully saturated rings. The summed E-state index contributed by atoms with van der Waals surface area (Å²) in [6.45, 7) is 2.25. The van der Waals surface area contributed by atoms with Gasteiger partial charge in [-0.3, -0.25) is 0 Å². The number of nitrogens with zero attached hydrogens (tertiary/aromatic N) is 1. The molecular weight excluding hydrogens is 138 g/mol. The highest BCUT2D eigenvalue weighted by Crippen LogP contribution is 1.61. The molecule has 2 nitrogen and oxygen atoms in total. The van der Waals surface area contributed by atoms with Crippen molar-refractivity contribution in [2.24, 2.45) is 0 Å². The average molecular weight is 156 g/mol. The predicted molar refractivity (Wildman–Crippen MR) is 44.2 cm³/mol. The van der Waals surface area contributed by atoms with Crippen LogP contribution in [-0.4, -0.2) is 37.8 Å². The Morgan fingerprint density at radius 3 is 1.33 bits per heavy atom. The molecule has 0 heterocycles. The highest BCUT2D eigenvalue weighted by atomic mass is 35.5. The molecule has 0 aliphatic rings. The lowest BCUT2D eigenvalue weighted by molar-refractivity contribution is 0.295. The van der Waals surface area contributed by atoms with Gasteiger partial charge in [-0.15, -0.1) is 12.4 Å². The van der Waals surface area contributed by atoms with E-state index in [1.165, 1.54) is 0 Å². The van der Waals surface area contributed by atoms with Gasteiger partial charge in [0.1, 0.15) is 0 Å². The molecule has 9 heavy (non-hydrogen) atoms. The Hall–Kier alpha value is 0.210. The van der Waals surface area contributed by atoms with Crippen LogP contribution in [0.4, 0.5) is 0 Å². The summed E-state index contributed by atoms with van der Waals surface area (Å²) < 4.78 is 0. The van der Waals surface area contributed by atoms with Crippen molar-refractivity contribution in [2.75, 3.05) is 27.7 Å². The first-order valence-corrected chi connectivity index (χ1v) is 2.86. The second-order valence-corrected chi connectivity index (χ2v) is 2.07.